The molecule has 1 aromatic heterocycles. The van der Waals surface area contributed by atoms with Crippen molar-refractivity contribution in [2.75, 3.05) is 0 Å². The monoisotopic (exact) mass is 234 g/mol. The van der Waals surface area contributed by atoms with E-state index in [9.17, 15) is 4.79 Å². The first-order valence-corrected chi connectivity index (χ1v) is 6.76. The van der Waals surface area contributed by atoms with E-state index in [1.54, 1.807) is 0 Å². The van der Waals surface area contributed by atoms with Crippen molar-refractivity contribution in [1.82, 2.24) is 9.78 Å². The van der Waals surface area contributed by atoms with Crippen LogP contribution in [-0.4, -0.2) is 16.1 Å². The van der Waals surface area contributed by atoms with Crippen molar-refractivity contribution in [3.05, 3.63) is 17.5 Å². The molecule has 3 heteroatoms. The molecule has 1 fully saturated rings. The lowest BCUT2D eigenvalue weighted by Crippen LogP contribution is -2.05. The van der Waals surface area contributed by atoms with E-state index in [1.165, 1.54) is 38.5 Å². The van der Waals surface area contributed by atoms with Gasteiger partial charge in [-0.05, 0) is 26.7 Å². The Hall–Kier alpha value is -1.12. The van der Waals surface area contributed by atoms with Crippen LogP contribution in [0.4, 0.5) is 0 Å². The molecular weight excluding hydrogens is 212 g/mol. The molecule has 1 aliphatic carbocycles. The summed E-state index contributed by atoms with van der Waals surface area (Å²) in [5.74, 6) is 0.498. The third-order valence-corrected chi connectivity index (χ3v) is 3.69. The number of carbonyl (C=O) groups is 1. The SMILES string of the molecule is CC(C)n1cc(C=O)c(C2CCCCCC2)n1. The van der Waals surface area contributed by atoms with Gasteiger partial charge in [-0.2, -0.15) is 5.10 Å². The number of carbonyl (C=O) groups excluding carboxylic acids is 1. The van der Waals surface area contributed by atoms with Gasteiger partial charge in [-0.3, -0.25) is 9.48 Å². The zero-order chi connectivity index (χ0) is 12.3. The highest BCUT2D eigenvalue weighted by Gasteiger charge is 2.21. The van der Waals surface area contributed by atoms with E-state index in [0.29, 0.717) is 12.0 Å². The highest BCUT2D eigenvalue weighted by molar-refractivity contribution is 5.76. The molecule has 94 valence electrons. The molecule has 0 spiro atoms. The minimum atomic E-state index is 0.327. The number of rotatable bonds is 3. The lowest BCUT2D eigenvalue weighted by Gasteiger charge is -2.12. The van der Waals surface area contributed by atoms with Gasteiger partial charge in [0.1, 0.15) is 0 Å². The molecule has 0 amide bonds. The van der Waals surface area contributed by atoms with Crippen molar-refractivity contribution in [2.45, 2.75) is 64.3 Å². The molecular formula is C14H22N2O. The molecule has 1 aromatic rings. The van der Waals surface area contributed by atoms with Gasteiger partial charge in [0.2, 0.25) is 0 Å². The molecule has 17 heavy (non-hydrogen) atoms. The first-order chi connectivity index (χ1) is 8.22. The Morgan fingerprint density at radius 1 is 1.29 bits per heavy atom. The maximum absolute atomic E-state index is 11.1. The third-order valence-electron chi connectivity index (χ3n) is 3.69. The lowest BCUT2D eigenvalue weighted by atomic mass is 9.94. The van der Waals surface area contributed by atoms with Crippen molar-refractivity contribution in [3.8, 4) is 0 Å². The molecule has 0 unspecified atom stereocenters. The normalized spacial score (nSPS) is 18.3. The van der Waals surface area contributed by atoms with Crippen LogP contribution in [0.3, 0.4) is 0 Å². The van der Waals surface area contributed by atoms with Gasteiger partial charge in [-0.15, -0.1) is 0 Å². The molecule has 0 saturated heterocycles. The summed E-state index contributed by atoms with van der Waals surface area (Å²) in [6.07, 6.45) is 10.5. The zero-order valence-electron chi connectivity index (χ0n) is 10.9. The summed E-state index contributed by atoms with van der Waals surface area (Å²) in [5.41, 5.74) is 1.83. The fourth-order valence-corrected chi connectivity index (χ4v) is 2.65. The second-order valence-electron chi connectivity index (χ2n) is 5.35. The van der Waals surface area contributed by atoms with E-state index in [4.69, 9.17) is 0 Å². The predicted octanol–water partition coefficient (Wildman–Crippen LogP) is 3.71. The maximum atomic E-state index is 11.1. The summed E-state index contributed by atoms with van der Waals surface area (Å²) in [4.78, 5) is 11.1. The van der Waals surface area contributed by atoms with Crippen molar-refractivity contribution < 1.29 is 4.79 Å². The predicted molar refractivity (Wildman–Crippen MR) is 68.4 cm³/mol. The molecule has 3 nitrogen and oxygen atoms in total. The highest BCUT2D eigenvalue weighted by atomic mass is 16.1. The Kier molecular flexibility index (Phi) is 3.97. The second kappa shape index (κ2) is 5.48. The van der Waals surface area contributed by atoms with Crippen LogP contribution in [0, 0.1) is 0 Å². The van der Waals surface area contributed by atoms with Gasteiger partial charge in [-0.1, -0.05) is 25.7 Å². The van der Waals surface area contributed by atoms with Crippen LogP contribution < -0.4 is 0 Å². The maximum Gasteiger partial charge on any atom is 0.153 e. The van der Waals surface area contributed by atoms with Crippen LogP contribution in [0.5, 0.6) is 0 Å². The number of hydrogen-bond acceptors (Lipinski definition) is 2. The Balaban J connectivity index is 2.25. The number of nitrogens with zero attached hydrogens (tertiary/aromatic N) is 2. The van der Waals surface area contributed by atoms with Gasteiger partial charge in [-0.25, -0.2) is 0 Å². The van der Waals surface area contributed by atoms with Crippen molar-refractivity contribution >= 4 is 6.29 Å². The average Bonchev–Trinajstić information content (AvgIpc) is 2.57. The Morgan fingerprint density at radius 3 is 2.47 bits per heavy atom. The van der Waals surface area contributed by atoms with E-state index in [1.807, 2.05) is 10.9 Å². The Labute approximate surface area is 103 Å². The molecule has 0 atom stereocenters. The minimum Gasteiger partial charge on any atom is -0.298 e. The quantitative estimate of drug-likeness (QED) is 0.590. The largest absolute Gasteiger partial charge is 0.298 e. The van der Waals surface area contributed by atoms with Crippen LogP contribution in [-0.2, 0) is 0 Å². The van der Waals surface area contributed by atoms with Crippen molar-refractivity contribution in [2.24, 2.45) is 0 Å². The summed E-state index contributed by atoms with van der Waals surface area (Å²) in [6.45, 7) is 4.19. The first kappa shape index (κ1) is 12.3. The smallest absolute Gasteiger partial charge is 0.153 e. The molecule has 1 saturated carbocycles. The van der Waals surface area contributed by atoms with Crippen LogP contribution in [0.15, 0.2) is 6.20 Å². The third kappa shape index (κ3) is 2.76. The molecule has 1 heterocycles. The lowest BCUT2D eigenvalue weighted by molar-refractivity contribution is 0.112. The van der Waals surface area contributed by atoms with Gasteiger partial charge in [0, 0.05) is 18.2 Å². The topological polar surface area (TPSA) is 34.9 Å². The number of hydrogen-bond donors (Lipinski definition) is 0. The molecule has 0 aromatic carbocycles. The van der Waals surface area contributed by atoms with Crippen molar-refractivity contribution in [1.29, 1.82) is 0 Å². The van der Waals surface area contributed by atoms with Crippen LogP contribution in [0.2, 0.25) is 0 Å². The standard InChI is InChI=1S/C14H22N2O/c1-11(2)16-9-13(10-17)14(15-16)12-7-5-3-4-6-8-12/h9-12H,3-8H2,1-2H3. The van der Waals surface area contributed by atoms with Gasteiger partial charge >= 0.3 is 0 Å². The van der Waals surface area contributed by atoms with Gasteiger partial charge in [0.15, 0.2) is 6.29 Å². The average molecular weight is 234 g/mol. The van der Waals surface area contributed by atoms with E-state index < -0.39 is 0 Å². The summed E-state index contributed by atoms with van der Waals surface area (Å²) >= 11 is 0. The van der Waals surface area contributed by atoms with E-state index >= 15 is 0 Å². The van der Waals surface area contributed by atoms with E-state index in [-0.39, 0.29) is 0 Å². The fraction of sp³-hybridized carbons (Fsp3) is 0.714. The summed E-state index contributed by atoms with van der Waals surface area (Å²) in [7, 11) is 0. The first-order valence-electron chi connectivity index (χ1n) is 6.76. The fourth-order valence-electron chi connectivity index (χ4n) is 2.65. The van der Waals surface area contributed by atoms with Crippen LogP contribution in [0.25, 0.3) is 0 Å². The number of aromatic nitrogens is 2. The zero-order valence-corrected chi connectivity index (χ0v) is 10.9. The Bertz CT molecular complexity index is 374. The summed E-state index contributed by atoms with van der Waals surface area (Å²) in [5, 5.41) is 4.63. The molecule has 0 N–H and O–H groups in total. The molecule has 0 bridgehead atoms. The van der Waals surface area contributed by atoms with Crippen LogP contribution >= 0.6 is 0 Å². The molecule has 0 radical (unpaired) electrons. The van der Waals surface area contributed by atoms with Crippen molar-refractivity contribution in [3.63, 3.8) is 0 Å². The summed E-state index contributed by atoms with van der Waals surface area (Å²) in [6, 6.07) is 0.327. The van der Waals surface area contributed by atoms with Gasteiger partial charge in [0.05, 0.1) is 11.3 Å². The Morgan fingerprint density at radius 2 is 1.94 bits per heavy atom. The minimum absolute atomic E-state index is 0.327. The highest BCUT2D eigenvalue weighted by Crippen LogP contribution is 2.32. The molecule has 2 rings (SSSR count). The van der Waals surface area contributed by atoms with Gasteiger partial charge < -0.3 is 0 Å². The van der Waals surface area contributed by atoms with Gasteiger partial charge in [0.25, 0.3) is 0 Å². The number of aldehydes is 1. The summed E-state index contributed by atoms with van der Waals surface area (Å²) < 4.78 is 1.92. The second-order valence-corrected chi connectivity index (χ2v) is 5.35. The molecule has 0 aliphatic heterocycles. The van der Waals surface area contributed by atoms with E-state index in [2.05, 4.69) is 18.9 Å². The van der Waals surface area contributed by atoms with Crippen LogP contribution in [0.1, 0.15) is 80.4 Å². The molecule has 1 aliphatic rings. The van der Waals surface area contributed by atoms with E-state index in [0.717, 1.165) is 17.5 Å².